The molecular formula is C16H20N6. The Labute approximate surface area is 129 Å². The number of fused-ring (bicyclic) bond motifs is 1. The maximum Gasteiger partial charge on any atom is 0.183 e. The van der Waals surface area contributed by atoms with Crippen molar-refractivity contribution in [1.29, 1.82) is 0 Å². The fourth-order valence-corrected chi connectivity index (χ4v) is 2.47. The molecule has 2 heterocycles. The van der Waals surface area contributed by atoms with Gasteiger partial charge in [0.15, 0.2) is 17.0 Å². The quantitative estimate of drug-likeness (QED) is 0.699. The van der Waals surface area contributed by atoms with Crippen molar-refractivity contribution in [2.75, 3.05) is 11.4 Å². The Morgan fingerprint density at radius 1 is 1.09 bits per heavy atom. The number of nitrogens with zero attached hydrogens (tertiary/aromatic N) is 6. The van der Waals surface area contributed by atoms with E-state index in [0.29, 0.717) is 0 Å². The highest BCUT2D eigenvalue weighted by atomic mass is 15.4. The van der Waals surface area contributed by atoms with Crippen LogP contribution in [0.15, 0.2) is 36.7 Å². The summed E-state index contributed by atoms with van der Waals surface area (Å²) in [5.41, 5.74) is 2.65. The molecule has 0 radical (unpaired) electrons. The molecule has 0 unspecified atom stereocenters. The number of rotatable bonds is 6. The molecule has 3 aromatic rings. The zero-order chi connectivity index (χ0) is 15.4. The van der Waals surface area contributed by atoms with Crippen molar-refractivity contribution >= 4 is 22.7 Å². The number of anilines is 2. The van der Waals surface area contributed by atoms with Crippen molar-refractivity contribution in [2.24, 2.45) is 0 Å². The number of hydrogen-bond acceptors (Lipinski definition) is 5. The molecule has 6 nitrogen and oxygen atoms in total. The molecule has 0 saturated heterocycles. The van der Waals surface area contributed by atoms with Gasteiger partial charge in [0.2, 0.25) is 0 Å². The van der Waals surface area contributed by atoms with Crippen LogP contribution in [-0.4, -0.2) is 31.5 Å². The van der Waals surface area contributed by atoms with E-state index in [1.165, 1.54) is 0 Å². The second-order valence-electron chi connectivity index (χ2n) is 5.12. The Morgan fingerprint density at radius 3 is 2.64 bits per heavy atom. The van der Waals surface area contributed by atoms with Crippen molar-refractivity contribution < 1.29 is 0 Å². The summed E-state index contributed by atoms with van der Waals surface area (Å²) >= 11 is 0. The van der Waals surface area contributed by atoms with Gasteiger partial charge in [0.25, 0.3) is 0 Å². The van der Waals surface area contributed by atoms with Crippen LogP contribution in [0.4, 0.5) is 11.5 Å². The number of para-hydroxylation sites is 1. The van der Waals surface area contributed by atoms with Crippen LogP contribution in [0, 0.1) is 0 Å². The molecule has 0 saturated carbocycles. The minimum Gasteiger partial charge on any atom is -0.324 e. The Hall–Kier alpha value is -2.50. The molecule has 0 aliphatic carbocycles. The highest BCUT2D eigenvalue weighted by Crippen LogP contribution is 2.28. The Balaban J connectivity index is 2.10. The lowest BCUT2D eigenvalue weighted by molar-refractivity contribution is 0.641. The van der Waals surface area contributed by atoms with E-state index < -0.39 is 0 Å². The molecule has 0 bridgehead atoms. The normalized spacial score (nSPS) is 11.0. The average Bonchev–Trinajstić information content (AvgIpc) is 3.00. The molecule has 114 valence electrons. The molecular weight excluding hydrogens is 276 g/mol. The molecule has 0 amide bonds. The maximum atomic E-state index is 4.48. The SMILES string of the molecule is CCCCN(c1ccccc1)c1ncnc2c1nnn2CC. The summed E-state index contributed by atoms with van der Waals surface area (Å²) in [4.78, 5) is 11.0. The number of unbranched alkanes of at least 4 members (excludes halogenated alkanes) is 1. The lowest BCUT2D eigenvalue weighted by Crippen LogP contribution is -2.20. The molecule has 0 N–H and O–H groups in total. The molecule has 3 rings (SSSR count). The zero-order valence-electron chi connectivity index (χ0n) is 13.0. The smallest absolute Gasteiger partial charge is 0.183 e. The topological polar surface area (TPSA) is 59.7 Å². The number of aryl methyl sites for hydroxylation is 1. The number of benzene rings is 1. The van der Waals surface area contributed by atoms with Gasteiger partial charge in [-0.3, -0.25) is 0 Å². The van der Waals surface area contributed by atoms with E-state index in [4.69, 9.17) is 0 Å². The van der Waals surface area contributed by atoms with E-state index in [2.05, 4.69) is 44.2 Å². The third-order valence-electron chi connectivity index (χ3n) is 3.64. The molecule has 1 aromatic carbocycles. The third kappa shape index (κ3) is 2.64. The molecule has 0 aliphatic heterocycles. The van der Waals surface area contributed by atoms with E-state index in [9.17, 15) is 0 Å². The minimum absolute atomic E-state index is 0.743. The van der Waals surface area contributed by atoms with Crippen LogP contribution >= 0.6 is 0 Å². The molecule has 0 fully saturated rings. The average molecular weight is 296 g/mol. The van der Waals surface area contributed by atoms with Gasteiger partial charge in [0.05, 0.1) is 0 Å². The summed E-state index contributed by atoms with van der Waals surface area (Å²) in [6.45, 7) is 5.85. The van der Waals surface area contributed by atoms with Crippen molar-refractivity contribution in [3.05, 3.63) is 36.7 Å². The first-order valence-electron chi connectivity index (χ1n) is 7.72. The summed E-state index contributed by atoms with van der Waals surface area (Å²) in [6.07, 6.45) is 3.80. The second-order valence-corrected chi connectivity index (χ2v) is 5.12. The standard InChI is InChI=1S/C16H20N6/c1-3-5-11-21(13-9-7-6-8-10-13)15-14-16(18-12-17-15)22(4-2)20-19-14/h6-10,12H,3-5,11H2,1-2H3. The first-order chi connectivity index (χ1) is 10.8. The van der Waals surface area contributed by atoms with Gasteiger partial charge >= 0.3 is 0 Å². The second kappa shape index (κ2) is 6.51. The van der Waals surface area contributed by atoms with Gasteiger partial charge in [-0.1, -0.05) is 36.8 Å². The molecule has 0 aliphatic rings. The van der Waals surface area contributed by atoms with Crippen LogP contribution in [0.2, 0.25) is 0 Å². The Kier molecular flexibility index (Phi) is 4.27. The minimum atomic E-state index is 0.743. The van der Waals surface area contributed by atoms with Crippen LogP contribution < -0.4 is 4.90 Å². The fraction of sp³-hybridized carbons (Fsp3) is 0.375. The van der Waals surface area contributed by atoms with Crippen molar-refractivity contribution in [3.8, 4) is 0 Å². The van der Waals surface area contributed by atoms with Gasteiger partial charge in [-0.05, 0) is 25.5 Å². The summed E-state index contributed by atoms with van der Waals surface area (Å²) in [7, 11) is 0. The van der Waals surface area contributed by atoms with E-state index in [1.807, 2.05) is 25.1 Å². The van der Waals surface area contributed by atoms with E-state index in [1.54, 1.807) is 11.0 Å². The first kappa shape index (κ1) is 14.4. The summed E-state index contributed by atoms with van der Waals surface area (Å²) in [5, 5.41) is 8.46. The maximum absolute atomic E-state index is 4.48. The van der Waals surface area contributed by atoms with Crippen LogP contribution in [0.25, 0.3) is 11.2 Å². The van der Waals surface area contributed by atoms with Gasteiger partial charge in [-0.25, -0.2) is 14.6 Å². The monoisotopic (exact) mass is 296 g/mol. The molecule has 6 heteroatoms. The van der Waals surface area contributed by atoms with Crippen LogP contribution in [0.3, 0.4) is 0 Å². The summed E-state index contributed by atoms with van der Waals surface area (Å²) in [6, 6.07) is 10.3. The lowest BCUT2D eigenvalue weighted by atomic mass is 10.2. The van der Waals surface area contributed by atoms with Gasteiger partial charge < -0.3 is 4.90 Å². The molecule has 22 heavy (non-hydrogen) atoms. The largest absolute Gasteiger partial charge is 0.324 e. The predicted molar refractivity (Wildman–Crippen MR) is 87.1 cm³/mol. The highest BCUT2D eigenvalue weighted by Gasteiger charge is 2.17. The van der Waals surface area contributed by atoms with Crippen molar-refractivity contribution in [1.82, 2.24) is 25.0 Å². The third-order valence-corrected chi connectivity index (χ3v) is 3.64. The highest BCUT2D eigenvalue weighted by molar-refractivity contribution is 5.85. The summed E-state index contributed by atoms with van der Waals surface area (Å²) < 4.78 is 1.80. The van der Waals surface area contributed by atoms with Gasteiger partial charge in [-0.15, -0.1) is 5.10 Å². The molecule has 2 aromatic heterocycles. The fourth-order valence-electron chi connectivity index (χ4n) is 2.47. The zero-order valence-corrected chi connectivity index (χ0v) is 13.0. The predicted octanol–water partition coefficient (Wildman–Crippen LogP) is 3.18. The molecule has 0 atom stereocenters. The van der Waals surface area contributed by atoms with E-state index in [0.717, 1.165) is 48.6 Å². The van der Waals surface area contributed by atoms with Crippen LogP contribution in [0.5, 0.6) is 0 Å². The van der Waals surface area contributed by atoms with Crippen molar-refractivity contribution in [3.63, 3.8) is 0 Å². The van der Waals surface area contributed by atoms with Crippen LogP contribution in [-0.2, 0) is 6.54 Å². The van der Waals surface area contributed by atoms with E-state index >= 15 is 0 Å². The van der Waals surface area contributed by atoms with Gasteiger partial charge in [0.1, 0.15) is 6.33 Å². The Morgan fingerprint density at radius 2 is 1.91 bits per heavy atom. The first-order valence-corrected chi connectivity index (χ1v) is 7.72. The lowest BCUT2D eigenvalue weighted by Gasteiger charge is -2.23. The van der Waals surface area contributed by atoms with E-state index in [-0.39, 0.29) is 0 Å². The van der Waals surface area contributed by atoms with Gasteiger partial charge in [0, 0.05) is 18.8 Å². The Bertz CT molecular complexity index is 737. The molecule has 0 spiro atoms. The van der Waals surface area contributed by atoms with Crippen molar-refractivity contribution in [2.45, 2.75) is 33.2 Å². The summed E-state index contributed by atoms with van der Waals surface area (Å²) in [5.74, 6) is 0.823. The number of aromatic nitrogens is 5. The van der Waals surface area contributed by atoms with Gasteiger partial charge in [-0.2, -0.15) is 0 Å². The van der Waals surface area contributed by atoms with Crippen LogP contribution in [0.1, 0.15) is 26.7 Å². The number of hydrogen-bond donors (Lipinski definition) is 0.